The van der Waals surface area contributed by atoms with Crippen LogP contribution in [0.2, 0.25) is 0 Å². The fraction of sp³-hybridized carbons (Fsp3) is 0.182. The lowest BCUT2D eigenvalue weighted by Gasteiger charge is -2.08. The van der Waals surface area contributed by atoms with Crippen LogP contribution in [0.4, 0.5) is 4.39 Å². The highest BCUT2D eigenvalue weighted by molar-refractivity contribution is 9.10. The maximum atomic E-state index is 13.4. The Bertz CT molecular complexity index is 445. The molecular weight excluding hydrogens is 295 g/mol. The molecule has 0 fully saturated rings. The Hall–Kier alpha value is -1.40. The minimum absolute atomic E-state index is 0.0202. The molecule has 17 heavy (non-hydrogen) atoms. The van der Waals surface area contributed by atoms with Crippen LogP contribution in [-0.2, 0) is 9.53 Å². The van der Waals surface area contributed by atoms with E-state index in [9.17, 15) is 9.18 Å². The summed E-state index contributed by atoms with van der Waals surface area (Å²) in [6.07, 6.45) is 2.01. The van der Waals surface area contributed by atoms with Crippen LogP contribution in [0.5, 0.6) is 5.75 Å². The van der Waals surface area contributed by atoms with Crippen molar-refractivity contribution >= 4 is 28.0 Å². The van der Waals surface area contributed by atoms with Crippen LogP contribution in [-0.4, -0.2) is 25.0 Å². The summed E-state index contributed by atoms with van der Waals surface area (Å²) >= 11 is 3.13. The highest BCUT2D eigenvalue weighted by Gasteiger charge is 2.07. The summed E-state index contributed by atoms with van der Waals surface area (Å²) < 4.78 is 23.8. The molecule has 0 aromatic heterocycles. The van der Waals surface area contributed by atoms with Gasteiger partial charge in [0.1, 0.15) is 11.6 Å². The molecule has 4 nitrogen and oxygen atoms in total. The molecule has 1 rings (SSSR count). The third-order valence-corrected chi connectivity index (χ3v) is 2.41. The van der Waals surface area contributed by atoms with Gasteiger partial charge in [0, 0.05) is 18.7 Å². The number of hydrogen-bond acceptors (Lipinski definition) is 3. The summed E-state index contributed by atoms with van der Waals surface area (Å²) in [6, 6.07) is 2.59. The summed E-state index contributed by atoms with van der Waals surface area (Å²) in [4.78, 5) is 10.3. The molecule has 0 aliphatic rings. The van der Waals surface area contributed by atoms with E-state index in [0.717, 1.165) is 12.2 Å². The minimum Gasteiger partial charge on any atom is -0.478 e. The fourth-order valence-corrected chi connectivity index (χ4v) is 1.50. The first kappa shape index (κ1) is 13.7. The lowest BCUT2D eigenvalue weighted by Crippen LogP contribution is -2.00. The zero-order valence-corrected chi connectivity index (χ0v) is 10.5. The van der Waals surface area contributed by atoms with Gasteiger partial charge >= 0.3 is 5.97 Å². The van der Waals surface area contributed by atoms with Crippen LogP contribution in [0.3, 0.4) is 0 Å². The third-order valence-electron chi connectivity index (χ3n) is 1.79. The maximum Gasteiger partial charge on any atom is 0.328 e. The van der Waals surface area contributed by atoms with Crippen molar-refractivity contribution in [2.45, 2.75) is 0 Å². The summed E-state index contributed by atoms with van der Waals surface area (Å²) in [5, 5.41) is 8.46. The van der Waals surface area contributed by atoms with Crippen molar-refractivity contribution in [3.05, 3.63) is 34.1 Å². The molecule has 0 spiro atoms. The Morgan fingerprint density at radius 2 is 2.29 bits per heavy atom. The largest absolute Gasteiger partial charge is 0.478 e. The van der Waals surface area contributed by atoms with E-state index in [2.05, 4.69) is 15.9 Å². The number of carboxylic acid groups (broad SMARTS) is 1. The maximum absolute atomic E-state index is 13.4. The lowest BCUT2D eigenvalue weighted by molar-refractivity contribution is -0.131. The third kappa shape index (κ3) is 4.16. The highest BCUT2D eigenvalue weighted by atomic mass is 79.9. The fourth-order valence-electron chi connectivity index (χ4n) is 1.07. The molecule has 0 bridgehead atoms. The monoisotopic (exact) mass is 304 g/mol. The van der Waals surface area contributed by atoms with Gasteiger partial charge in [-0.15, -0.1) is 0 Å². The molecule has 0 unspecified atom stereocenters. The zero-order valence-electron chi connectivity index (χ0n) is 8.94. The molecule has 0 radical (unpaired) electrons. The van der Waals surface area contributed by atoms with Gasteiger partial charge in [0.2, 0.25) is 0 Å². The van der Waals surface area contributed by atoms with Crippen LogP contribution >= 0.6 is 15.9 Å². The average molecular weight is 305 g/mol. The Balaban J connectivity index is 3.01. The van der Waals surface area contributed by atoms with E-state index < -0.39 is 11.8 Å². The van der Waals surface area contributed by atoms with Gasteiger partial charge in [-0.05, 0) is 34.1 Å². The van der Waals surface area contributed by atoms with Gasteiger partial charge in [-0.1, -0.05) is 0 Å². The number of methoxy groups -OCH3 is 1. The number of ether oxygens (including phenoxy) is 2. The van der Waals surface area contributed by atoms with E-state index in [1.165, 1.54) is 19.2 Å². The average Bonchev–Trinajstić information content (AvgIpc) is 2.26. The van der Waals surface area contributed by atoms with Crippen LogP contribution in [0.15, 0.2) is 22.7 Å². The quantitative estimate of drug-likeness (QED) is 0.671. The molecule has 1 N–H and O–H groups in total. The topological polar surface area (TPSA) is 55.8 Å². The first-order chi connectivity index (χ1) is 8.04. The highest BCUT2D eigenvalue weighted by Crippen LogP contribution is 2.28. The molecule has 6 heteroatoms. The number of aliphatic carboxylic acids is 1. The minimum atomic E-state index is -1.15. The van der Waals surface area contributed by atoms with Crippen molar-refractivity contribution in [1.82, 2.24) is 0 Å². The zero-order chi connectivity index (χ0) is 12.8. The van der Waals surface area contributed by atoms with Gasteiger partial charge in [0.05, 0.1) is 4.47 Å². The number of halogens is 2. The first-order valence-corrected chi connectivity index (χ1v) is 5.35. The van der Waals surface area contributed by atoms with E-state index in [0.29, 0.717) is 10.2 Å². The van der Waals surface area contributed by atoms with Crippen LogP contribution in [0.25, 0.3) is 6.08 Å². The Morgan fingerprint density at radius 1 is 1.59 bits per heavy atom. The molecule has 0 aliphatic carbocycles. The van der Waals surface area contributed by atoms with E-state index in [1.54, 1.807) is 0 Å². The molecule has 92 valence electrons. The normalized spacial score (nSPS) is 10.8. The van der Waals surface area contributed by atoms with Crippen molar-refractivity contribution in [1.29, 1.82) is 0 Å². The van der Waals surface area contributed by atoms with E-state index >= 15 is 0 Å². The molecule has 0 amide bonds. The lowest BCUT2D eigenvalue weighted by atomic mass is 10.2. The van der Waals surface area contributed by atoms with E-state index in [1.807, 2.05) is 0 Å². The SMILES string of the molecule is COCOc1cc(/C=C/C(=O)O)c(F)cc1Br. The van der Waals surface area contributed by atoms with Gasteiger partial charge in [-0.25, -0.2) is 9.18 Å². The number of rotatable bonds is 5. The molecule has 1 aromatic rings. The van der Waals surface area contributed by atoms with Crippen molar-refractivity contribution in [3.63, 3.8) is 0 Å². The summed E-state index contributed by atoms with van der Waals surface area (Å²) in [7, 11) is 1.46. The second-order valence-electron chi connectivity index (χ2n) is 3.03. The Kier molecular flexibility index (Phi) is 5.11. The first-order valence-electron chi connectivity index (χ1n) is 4.56. The van der Waals surface area contributed by atoms with Crippen molar-refractivity contribution in [2.75, 3.05) is 13.9 Å². The standard InChI is InChI=1S/C11H10BrFO4/c1-16-6-17-10-4-7(2-3-11(14)15)9(13)5-8(10)12/h2-5H,6H2,1H3,(H,14,15)/b3-2+. The smallest absolute Gasteiger partial charge is 0.328 e. The molecule has 1 aromatic carbocycles. The second kappa shape index (κ2) is 6.36. The molecule has 0 saturated heterocycles. The summed E-state index contributed by atoms with van der Waals surface area (Å²) in [5.74, 6) is -1.32. The number of carbonyl (C=O) groups is 1. The van der Waals surface area contributed by atoms with Gasteiger partial charge in [0.15, 0.2) is 6.79 Å². The van der Waals surface area contributed by atoms with E-state index in [4.69, 9.17) is 14.6 Å². The summed E-state index contributed by atoms with van der Waals surface area (Å²) in [5.41, 5.74) is 0.127. The van der Waals surface area contributed by atoms with Gasteiger partial charge in [-0.3, -0.25) is 0 Å². The molecule has 0 aliphatic heterocycles. The van der Waals surface area contributed by atoms with Crippen molar-refractivity contribution in [3.8, 4) is 5.75 Å². The van der Waals surface area contributed by atoms with Crippen molar-refractivity contribution < 1.29 is 23.8 Å². The predicted octanol–water partition coefficient (Wildman–Crippen LogP) is 2.67. The van der Waals surface area contributed by atoms with Crippen LogP contribution in [0.1, 0.15) is 5.56 Å². The number of carboxylic acids is 1. The van der Waals surface area contributed by atoms with Gasteiger partial charge in [-0.2, -0.15) is 0 Å². The summed E-state index contributed by atoms with van der Waals surface area (Å²) in [6.45, 7) is 0.0202. The van der Waals surface area contributed by atoms with E-state index in [-0.39, 0.29) is 12.4 Å². The van der Waals surface area contributed by atoms with Gasteiger partial charge < -0.3 is 14.6 Å². The van der Waals surface area contributed by atoms with Gasteiger partial charge in [0.25, 0.3) is 0 Å². The molecular formula is C11H10BrFO4. The second-order valence-corrected chi connectivity index (χ2v) is 3.88. The van der Waals surface area contributed by atoms with Crippen molar-refractivity contribution in [2.24, 2.45) is 0 Å². The van der Waals surface area contributed by atoms with Crippen LogP contribution < -0.4 is 4.74 Å². The predicted molar refractivity (Wildman–Crippen MR) is 63.3 cm³/mol. The molecule has 0 atom stereocenters. The molecule has 0 saturated carbocycles. The Labute approximate surface area is 106 Å². The number of hydrogen-bond donors (Lipinski definition) is 1. The molecule has 0 heterocycles. The number of benzene rings is 1. The van der Waals surface area contributed by atoms with Crippen LogP contribution in [0, 0.1) is 5.82 Å². The Morgan fingerprint density at radius 3 is 2.88 bits per heavy atom.